The summed E-state index contributed by atoms with van der Waals surface area (Å²) < 4.78 is 18.0. The van der Waals surface area contributed by atoms with Crippen molar-refractivity contribution >= 4 is 29.3 Å². The Bertz CT molecular complexity index is 1080. The van der Waals surface area contributed by atoms with Crippen LogP contribution in [0, 0.1) is 5.82 Å². The Morgan fingerprint density at radius 3 is 2.24 bits per heavy atom. The fraction of sp³-hybridized carbons (Fsp3) is 0.385. The lowest BCUT2D eigenvalue weighted by molar-refractivity contribution is -0.123. The first-order valence-electron chi connectivity index (χ1n) is 11.5. The average molecular weight is 467 g/mol. The van der Waals surface area contributed by atoms with Crippen molar-refractivity contribution in [2.45, 2.75) is 50.6 Å². The van der Waals surface area contributed by atoms with Crippen molar-refractivity contribution in [2.75, 3.05) is 18.6 Å². The van der Waals surface area contributed by atoms with Crippen molar-refractivity contribution in [2.24, 2.45) is 0 Å². The van der Waals surface area contributed by atoms with E-state index in [1.807, 2.05) is 11.9 Å². The Balaban J connectivity index is 1.37. The Morgan fingerprint density at radius 2 is 1.59 bits per heavy atom. The number of carbonyl (C=O) groups excluding carboxylic acids is 4. The second-order valence-corrected chi connectivity index (χ2v) is 8.80. The standard InChI is InChI=1S/C26H27FN2O5/c1-28(20-5-3-2-4-6-20)22-15-24(31)29(25(22)32)21-13-9-18(10-14-21)26(33)34-16-23(30)17-7-11-19(27)12-8-17/h7-14,20,22H,2-6,15-16H2,1H3. The zero-order chi connectivity index (χ0) is 24.2. The summed E-state index contributed by atoms with van der Waals surface area (Å²) in [6, 6.07) is 10.8. The van der Waals surface area contributed by atoms with Gasteiger partial charge in [-0.2, -0.15) is 0 Å². The van der Waals surface area contributed by atoms with E-state index in [0.29, 0.717) is 11.7 Å². The van der Waals surface area contributed by atoms with E-state index in [0.717, 1.165) is 37.8 Å². The number of nitrogens with zero attached hydrogens (tertiary/aromatic N) is 2. The Hall–Kier alpha value is -3.39. The van der Waals surface area contributed by atoms with Gasteiger partial charge in [-0.1, -0.05) is 19.3 Å². The van der Waals surface area contributed by atoms with Crippen LogP contribution in [0.15, 0.2) is 48.5 Å². The number of hydrogen-bond donors (Lipinski definition) is 0. The van der Waals surface area contributed by atoms with Crippen LogP contribution in [0.5, 0.6) is 0 Å². The molecule has 1 unspecified atom stereocenters. The molecule has 0 spiro atoms. The molecule has 2 fully saturated rings. The Kier molecular flexibility index (Phi) is 7.17. The summed E-state index contributed by atoms with van der Waals surface area (Å²) in [6.45, 7) is -0.482. The predicted octanol–water partition coefficient (Wildman–Crippen LogP) is 3.76. The molecule has 0 aromatic heterocycles. The largest absolute Gasteiger partial charge is 0.454 e. The van der Waals surface area contributed by atoms with Crippen molar-refractivity contribution in [1.29, 1.82) is 0 Å². The molecule has 4 rings (SSSR count). The third-order valence-corrected chi connectivity index (χ3v) is 6.63. The van der Waals surface area contributed by atoms with Gasteiger partial charge in [-0.15, -0.1) is 0 Å². The molecule has 178 valence electrons. The molecule has 1 atom stereocenters. The second kappa shape index (κ2) is 10.3. The quantitative estimate of drug-likeness (QED) is 0.351. The molecule has 0 N–H and O–H groups in total. The maximum Gasteiger partial charge on any atom is 0.338 e. The third kappa shape index (κ3) is 5.07. The Morgan fingerprint density at radius 1 is 0.971 bits per heavy atom. The first-order chi connectivity index (χ1) is 16.3. The minimum Gasteiger partial charge on any atom is -0.454 e. The minimum absolute atomic E-state index is 0.140. The van der Waals surface area contributed by atoms with Gasteiger partial charge in [-0.3, -0.25) is 19.3 Å². The van der Waals surface area contributed by atoms with Gasteiger partial charge in [0.05, 0.1) is 23.7 Å². The molecule has 8 heteroatoms. The van der Waals surface area contributed by atoms with Gasteiger partial charge in [0.1, 0.15) is 5.82 Å². The first kappa shape index (κ1) is 23.8. The van der Waals surface area contributed by atoms with Gasteiger partial charge in [0.15, 0.2) is 12.4 Å². The molecule has 1 saturated heterocycles. The molecule has 1 aliphatic carbocycles. The Labute approximate surface area is 197 Å². The topological polar surface area (TPSA) is 84.0 Å². The molecule has 7 nitrogen and oxygen atoms in total. The third-order valence-electron chi connectivity index (χ3n) is 6.63. The number of imide groups is 1. The van der Waals surface area contributed by atoms with Crippen LogP contribution in [0.1, 0.15) is 59.2 Å². The fourth-order valence-electron chi connectivity index (χ4n) is 4.63. The number of hydrogen-bond acceptors (Lipinski definition) is 6. The normalized spacial score (nSPS) is 19.0. The molecule has 1 aliphatic heterocycles. The molecule has 2 amide bonds. The highest BCUT2D eigenvalue weighted by molar-refractivity contribution is 6.22. The lowest BCUT2D eigenvalue weighted by atomic mass is 9.93. The molecular weight excluding hydrogens is 439 g/mol. The summed E-state index contributed by atoms with van der Waals surface area (Å²) in [5.41, 5.74) is 0.822. The maximum atomic E-state index is 13.1. The SMILES string of the molecule is CN(C1CCCCC1)C1CC(=O)N(c2ccc(C(=O)OCC(=O)c3ccc(F)cc3)cc2)C1=O. The second-order valence-electron chi connectivity index (χ2n) is 8.80. The van der Waals surface area contributed by atoms with Crippen molar-refractivity contribution in [3.05, 3.63) is 65.5 Å². The smallest absolute Gasteiger partial charge is 0.338 e. The molecule has 0 radical (unpaired) electrons. The van der Waals surface area contributed by atoms with E-state index in [1.54, 1.807) is 0 Å². The molecule has 0 bridgehead atoms. The van der Waals surface area contributed by atoms with Crippen LogP contribution in [-0.2, 0) is 14.3 Å². The van der Waals surface area contributed by atoms with Crippen molar-refractivity contribution in [1.82, 2.24) is 4.90 Å². The van der Waals surface area contributed by atoms with Gasteiger partial charge in [0.25, 0.3) is 5.91 Å². The van der Waals surface area contributed by atoms with E-state index in [2.05, 4.69) is 0 Å². The first-order valence-corrected chi connectivity index (χ1v) is 11.5. The zero-order valence-corrected chi connectivity index (χ0v) is 19.0. The van der Waals surface area contributed by atoms with Crippen LogP contribution >= 0.6 is 0 Å². The molecule has 2 aromatic rings. The molecule has 1 saturated carbocycles. The highest BCUT2D eigenvalue weighted by Crippen LogP contribution is 2.30. The monoisotopic (exact) mass is 466 g/mol. The zero-order valence-electron chi connectivity index (χ0n) is 19.0. The van der Waals surface area contributed by atoms with E-state index in [4.69, 9.17) is 4.74 Å². The minimum atomic E-state index is -0.712. The summed E-state index contributed by atoms with van der Waals surface area (Å²) in [4.78, 5) is 53.4. The summed E-state index contributed by atoms with van der Waals surface area (Å²) in [5.74, 6) is -2.14. The fourth-order valence-corrected chi connectivity index (χ4v) is 4.63. The van der Waals surface area contributed by atoms with Gasteiger partial charge in [-0.25, -0.2) is 14.1 Å². The van der Waals surface area contributed by atoms with Gasteiger partial charge in [0.2, 0.25) is 5.91 Å². The van der Waals surface area contributed by atoms with E-state index in [9.17, 15) is 23.6 Å². The van der Waals surface area contributed by atoms with Crippen LogP contribution < -0.4 is 4.90 Å². The van der Waals surface area contributed by atoms with E-state index < -0.39 is 30.2 Å². The van der Waals surface area contributed by atoms with Gasteiger partial charge in [0, 0.05) is 11.6 Å². The number of halogens is 1. The van der Waals surface area contributed by atoms with Gasteiger partial charge < -0.3 is 4.74 Å². The van der Waals surface area contributed by atoms with Crippen molar-refractivity contribution in [3.63, 3.8) is 0 Å². The number of ketones is 1. The highest BCUT2D eigenvalue weighted by atomic mass is 19.1. The lowest BCUT2D eigenvalue weighted by Crippen LogP contribution is -2.45. The number of esters is 1. The summed E-state index contributed by atoms with van der Waals surface area (Å²) >= 11 is 0. The summed E-state index contributed by atoms with van der Waals surface area (Å²) in [5, 5.41) is 0. The van der Waals surface area contributed by atoms with Crippen molar-refractivity contribution < 1.29 is 28.3 Å². The van der Waals surface area contributed by atoms with Crippen LogP contribution in [0.3, 0.4) is 0 Å². The number of anilines is 1. The average Bonchev–Trinajstić information content (AvgIpc) is 3.16. The molecule has 34 heavy (non-hydrogen) atoms. The summed E-state index contributed by atoms with van der Waals surface area (Å²) in [7, 11) is 1.92. The number of ether oxygens (including phenoxy) is 1. The molecule has 2 aliphatic rings. The van der Waals surface area contributed by atoms with E-state index >= 15 is 0 Å². The number of carbonyl (C=O) groups is 4. The highest BCUT2D eigenvalue weighted by Gasteiger charge is 2.43. The molecular formula is C26H27FN2O5. The van der Waals surface area contributed by atoms with Gasteiger partial charge in [-0.05, 0) is 68.4 Å². The number of amides is 2. The number of rotatable bonds is 7. The number of likely N-dealkylation sites (N-methyl/N-ethyl adjacent to an activating group) is 1. The van der Waals surface area contributed by atoms with E-state index in [-0.39, 0.29) is 29.4 Å². The van der Waals surface area contributed by atoms with Gasteiger partial charge >= 0.3 is 5.97 Å². The van der Waals surface area contributed by atoms with Crippen LogP contribution in [0.2, 0.25) is 0 Å². The predicted molar refractivity (Wildman–Crippen MR) is 123 cm³/mol. The molecule has 1 heterocycles. The molecule has 2 aromatic carbocycles. The summed E-state index contributed by atoms with van der Waals surface area (Å²) in [6.07, 6.45) is 5.70. The van der Waals surface area contributed by atoms with Crippen LogP contribution in [0.25, 0.3) is 0 Å². The van der Waals surface area contributed by atoms with Crippen LogP contribution in [-0.4, -0.2) is 54.2 Å². The lowest BCUT2D eigenvalue weighted by Gasteiger charge is -2.34. The maximum absolute atomic E-state index is 13.1. The number of Topliss-reactive ketones (excluding diaryl/α,β-unsaturated/α-hetero) is 1. The van der Waals surface area contributed by atoms with E-state index in [1.165, 1.54) is 47.7 Å². The van der Waals surface area contributed by atoms with Crippen molar-refractivity contribution in [3.8, 4) is 0 Å². The van der Waals surface area contributed by atoms with Crippen LogP contribution in [0.4, 0.5) is 10.1 Å². The number of benzene rings is 2.